The lowest BCUT2D eigenvalue weighted by Crippen LogP contribution is -2.47. The number of alkyl halides is 3. The quantitative estimate of drug-likeness (QED) is 0.840. The van der Waals surface area contributed by atoms with Gasteiger partial charge in [0.1, 0.15) is 6.54 Å². The smallest absolute Gasteiger partial charge is 0.328 e. The molecule has 0 aromatic heterocycles. The minimum Gasteiger partial charge on any atom is -0.328 e. The zero-order valence-electron chi connectivity index (χ0n) is 11.8. The lowest BCUT2D eigenvalue weighted by molar-refractivity contribution is -0.163. The highest BCUT2D eigenvalue weighted by Gasteiger charge is 2.34. The molecule has 1 aromatic rings. The second-order valence-corrected chi connectivity index (χ2v) is 5.67. The molecule has 0 unspecified atom stereocenters. The standard InChI is InChI=1S/C14H19F3N2OS/c1-21-8-7-12(18)13(20)19(10-14(15,16)17)9-11-5-3-2-4-6-11/h2-6,12H,7-10,18H2,1H3/t12-/m1/s1. The van der Waals surface area contributed by atoms with Gasteiger partial charge in [-0.15, -0.1) is 0 Å². The molecule has 0 saturated heterocycles. The van der Waals surface area contributed by atoms with Crippen LogP contribution in [0.15, 0.2) is 30.3 Å². The lowest BCUT2D eigenvalue weighted by Gasteiger charge is -2.26. The van der Waals surface area contributed by atoms with Crippen molar-refractivity contribution in [3.05, 3.63) is 35.9 Å². The number of rotatable bonds is 7. The number of carbonyl (C=O) groups excluding carboxylic acids is 1. The second-order valence-electron chi connectivity index (χ2n) is 4.68. The molecule has 0 aliphatic carbocycles. The molecule has 0 fully saturated rings. The Labute approximate surface area is 126 Å². The van der Waals surface area contributed by atoms with Gasteiger partial charge in [0.15, 0.2) is 0 Å². The molecule has 0 aliphatic rings. The van der Waals surface area contributed by atoms with Crippen LogP contribution in [0.2, 0.25) is 0 Å². The Morgan fingerprint density at radius 1 is 1.33 bits per heavy atom. The Balaban J connectivity index is 2.79. The normalized spacial score (nSPS) is 13.0. The maximum Gasteiger partial charge on any atom is 0.406 e. The molecule has 0 heterocycles. The van der Waals surface area contributed by atoms with Crippen LogP contribution in [0.25, 0.3) is 0 Å². The molecule has 0 aliphatic heterocycles. The van der Waals surface area contributed by atoms with Crippen LogP contribution >= 0.6 is 11.8 Å². The number of nitrogens with zero attached hydrogens (tertiary/aromatic N) is 1. The van der Waals surface area contributed by atoms with E-state index in [1.165, 1.54) is 11.8 Å². The summed E-state index contributed by atoms with van der Waals surface area (Å²) in [5.41, 5.74) is 6.35. The minimum absolute atomic E-state index is 0.0911. The summed E-state index contributed by atoms with van der Waals surface area (Å²) in [6, 6.07) is 7.68. The zero-order valence-corrected chi connectivity index (χ0v) is 12.6. The number of benzene rings is 1. The van der Waals surface area contributed by atoms with Crippen molar-refractivity contribution in [3.8, 4) is 0 Å². The molecule has 0 radical (unpaired) electrons. The van der Waals surface area contributed by atoms with Gasteiger partial charge in [0.05, 0.1) is 6.04 Å². The summed E-state index contributed by atoms with van der Waals surface area (Å²) < 4.78 is 37.9. The van der Waals surface area contributed by atoms with Gasteiger partial charge in [-0.2, -0.15) is 24.9 Å². The minimum atomic E-state index is -4.44. The molecule has 0 bridgehead atoms. The van der Waals surface area contributed by atoms with Crippen LogP contribution < -0.4 is 5.73 Å². The number of thioether (sulfide) groups is 1. The summed E-state index contributed by atoms with van der Waals surface area (Å²) in [4.78, 5) is 12.9. The molecule has 0 saturated carbocycles. The lowest BCUT2D eigenvalue weighted by atomic mass is 10.1. The fraction of sp³-hybridized carbons (Fsp3) is 0.500. The molecule has 21 heavy (non-hydrogen) atoms. The van der Waals surface area contributed by atoms with Gasteiger partial charge in [0.2, 0.25) is 5.91 Å². The van der Waals surface area contributed by atoms with Crippen molar-refractivity contribution < 1.29 is 18.0 Å². The van der Waals surface area contributed by atoms with Gasteiger partial charge in [-0.1, -0.05) is 30.3 Å². The average Bonchev–Trinajstić information content (AvgIpc) is 2.43. The average molecular weight is 320 g/mol. The number of amides is 1. The Hall–Kier alpha value is -1.21. The van der Waals surface area contributed by atoms with Gasteiger partial charge in [-0.05, 0) is 24.0 Å². The summed E-state index contributed by atoms with van der Waals surface area (Å²) >= 11 is 1.50. The van der Waals surface area contributed by atoms with Crippen LogP contribution in [-0.2, 0) is 11.3 Å². The van der Waals surface area contributed by atoms with Crippen LogP contribution in [-0.4, -0.2) is 41.6 Å². The van der Waals surface area contributed by atoms with Crippen molar-refractivity contribution in [1.82, 2.24) is 4.90 Å². The molecule has 3 nitrogen and oxygen atoms in total. The first kappa shape index (κ1) is 17.8. The van der Waals surface area contributed by atoms with E-state index in [4.69, 9.17) is 5.73 Å². The van der Waals surface area contributed by atoms with E-state index < -0.39 is 24.7 Å². The van der Waals surface area contributed by atoms with Crippen molar-refractivity contribution >= 4 is 17.7 Å². The van der Waals surface area contributed by atoms with E-state index in [-0.39, 0.29) is 6.54 Å². The third kappa shape index (κ3) is 6.86. The molecular weight excluding hydrogens is 301 g/mol. The van der Waals surface area contributed by atoms with Crippen molar-refractivity contribution in [3.63, 3.8) is 0 Å². The van der Waals surface area contributed by atoms with Crippen LogP contribution in [0.3, 0.4) is 0 Å². The largest absolute Gasteiger partial charge is 0.406 e. The molecule has 1 atom stereocenters. The molecule has 7 heteroatoms. The summed E-state index contributed by atoms with van der Waals surface area (Å²) in [5.74, 6) is -0.0248. The van der Waals surface area contributed by atoms with Crippen LogP contribution in [0, 0.1) is 0 Å². The Bertz CT molecular complexity index is 440. The predicted octanol–water partition coefficient (Wildman–Crippen LogP) is 2.66. The molecule has 2 N–H and O–H groups in total. The van der Waals surface area contributed by atoms with Gasteiger partial charge in [0.25, 0.3) is 0 Å². The Morgan fingerprint density at radius 3 is 2.48 bits per heavy atom. The monoisotopic (exact) mass is 320 g/mol. The first-order chi connectivity index (χ1) is 9.83. The number of carbonyl (C=O) groups is 1. The van der Waals surface area contributed by atoms with Crippen LogP contribution in [0.4, 0.5) is 13.2 Å². The Morgan fingerprint density at radius 2 is 1.95 bits per heavy atom. The molecule has 1 amide bonds. The van der Waals surface area contributed by atoms with E-state index >= 15 is 0 Å². The van der Waals surface area contributed by atoms with Crippen LogP contribution in [0.1, 0.15) is 12.0 Å². The Kier molecular flexibility index (Phi) is 7.04. The van der Waals surface area contributed by atoms with Crippen LogP contribution in [0.5, 0.6) is 0 Å². The summed E-state index contributed by atoms with van der Waals surface area (Å²) in [6.07, 6.45) is -2.22. The van der Waals surface area contributed by atoms with Crippen molar-refractivity contribution in [2.45, 2.75) is 25.2 Å². The van der Waals surface area contributed by atoms with E-state index in [1.54, 1.807) is 30.3 Å². The van der Waals surface area contributed by atoms with Gasteiger partial charge >= 0.3 is 6.18 Å². The predicted molar refractivity (Wildman–Crippen MR) is 78.9 cm³/mol. The van der Waals surface area contributed by atoms with Gasteiger partial charge < -0.3 is 10.6 Å². The van der Waals surface area contributed by atoms with Crippen molar-refractivity contribution in [2.24, 2.45) is 5.73 Å². The van der Waals surface area contributed by atoms with E-state index in [0.717, 1.165) is 4.90 Å². The third-order valence-corrected chi connectivity index (χ3v) is 3.49. The SMILES string of the molecule is CSCC[C@@H](N)C(=O)N(Cc1ccccc1)CC(F)(F)F. The molecular formula is C14H19F3N2OS. The number of nitrogens with two attached hydrogens (primary N) is 1. The fourth-order valence-corrected chi connectivity index (χ4v) is 2.32. The number of hydrogen-bond donors (Lipinski definition) is 1. The maximum atomic E-state index is 12.6. The van der Waals surface area contributed by atoms with Gasteiger partial charge in [-0.3, -0.25) is 4.79 Å². The maximum absolute atomic E-state index is 12.6. The topological polar surface area (TPSA) is 46.3 Å². The summed E-state index contributed by atoms with van der Waals surface area (Å²) in [6.45, 7) is -1.38. The fourth-order valence-electron chi connectivity index (χ4n) is 1.83. The van der Waals surface area contributed by atoms with E-state index in [2.05, 4.69) is 0 Å². The van der Waals surface area contributed by atoms with E-state index in [0.29, 0.717) is 17.7 Å². The first-order valence-electron chi connectivity index (χ1n) is 6.47. The van der Waals surface area contributed by atoms with Crippen molar-refractivity contribution in [2.75, 3.05) is 18.6 Å². The molecule has 118 valence electrons. The second kappa shape index (κ2) is 8.29. The number of hydrogen-bond acceptors (Lipinski definition) is 3. The van der Waals surface area contributed by atoms with E-state index in [9.17, 15) is 18.0 Å². The summed E-state index contributed by atoms with van der Waals surface area (Å²) in [7, 11) is 0. The van der Waals surface area contributed by atoms with E-state index in [1.807, 2.05) is 6.26 Å². The third-order valence-electron chi connectivity index (χ3n) is 2.85. The number of halogens is 3. The highest BCUT2D eigenvalue weighted by molar-refractivity contribution is 7.98. The zero-order chi connectivity index (χ0) is 15.9. The first-order valence-corrected chi connectivity index (χ1v) is 7.87. The van der Waals surface area contributed by atoms with Gasteiger partial charge in [0, 0.05) is 6.54 Å². The van der Waals surface area contributed by atoms with Crippen molar-refractivity contribution in [1.29, 1.82) is 0 Å². The molecule has 1 rings (SSSR count). The molecule has 0 spiro atoms. The van der Waals surface area contributed by atoms with Gasteiger partial charge in [-0.25, -0.2) is 0 Å². The summed E-state index contributed by atoms with van der Waals surface area (Å²) in [5, 5.41) is 0. The molecule has 1 aromatic carbocycles. The highest BCUT2D eigenvalue weighted by atomic mass is 32.2. The highest BCUT2D eigenvalue weighted by Crippen LogP contribution is 2.19.